The molecule has 1 aliphatic rings. The molecule has 0 bridgehead atoms. The number of esters is 1. The maximum atomic E-state index is 13.1. The summed E-state index contributed by atoms with van der Waals surface area (Å²) in [6.07, 6.45) is 1.70. The van der Waals surface area contributed by atoms with E-state index in [2.05, 4.69) is 4.98 Å². The summed E-state index contributed by atoms with van der Waals surface area (Å²) in [6, 6.07) is 3.49. The molecular weight excluding hydrogens is 337 g/mol. The van der Waals surface area contributed by atoms with Crippen molar-refractivity contribution in [1.82, 2.24) is 13.9 Å². The van der Waals surface area contributed by atoms with Gasteiger partial charge in [0, 0.05) is 13.5 Å². The molecule has 24 heavy (non-hydrogen) atoms. The molecule has 1 atom stereocenters. The van der Waals surface area contributed by atoms with E-state index in [4.69, 9.17) is 4.74 Å². The highest BCUT2D eigenvalue weighted by atomic mass is 32.2. The fourth-order valence-electron chi connectivity index (χ4n) is 2.75. The van der Waals surface area contributed by atoms with Gasteiger partial charge in [-0.05, 0) is 24.3 Å². The topological polar surface area (TPSA) is 81.5 Å². The van der Waals surface area contributed by atoms with Crippen LogP contribution in [0, 0.1) is 5.82 Å². The summed E-state index contributed by atoms with van der Waals surface area (Å²) in [6.45, 7) is -0.00862. The molecule has 0 saturated heterocycles. The van der Waals surface area contributed by atoms with Crippen molar-refractivity contribution in [3.8, 4) is 0 Å². The van der Waals surface area contributed by atoms with Gasteiger partial charge in [-0.15, -0.1) is 0 Å². The SMILES string of the molecule is COC(=O)[C@@H]1Cc2ncn(C)c2CN1S(=O)(=O)c1ccc(F)cc1. The van der Waals surface area contributed by atoms with E-state index >= 15 is 0 Å². The Balaban J connectivity index is 2.06. The molecule has 2 heterocycles. The van der Waals surface area contributed by atoms with Gasteiger partial charge in [0.2, 0.25) is 10.0 Å². The Bertz CT molecular complexity index is 877. The smallest absolute Gasteiger partial charge is 0.324 e. The number of rotatable bonds is 3. The lowest BCUT2D eigenvalue weighted by atomic mass is 10.1. The summed E-state index contributed by atoms with van der Waals surface area (Å²) < 4.78 is 46.5. The number of ether oxygens (including phenoxy) is 1. The Labute approximate surface area is 138 Å². The van der Waals surface area contributed by atoms with Gasteiger partial charge in [0.1, 0.15) is 11.9 Å². The van der Waals surface area contributed by atoms with Crippen LogP contribution < -0.4 is 0 Å². The molecule has 3 rings (SSSR count). The fourth-order valence-corrected chi connectivity index (χ4v) is 4.29. The van der Waals surface area contributed by atoms with Crippen LogP contribution in [0.1, 0.15) is 11.4 Å². The van der Waals surface area contributed by atoms with Crippen LogP contribution >= 0.6 is 0 Å². The molecule has 9 heteroatoms. The van der Waals surface area contributed by atoms with Crippen molar-refractivity contribution >= 4 is 16.0 Å². The highest BCUT2D eigenvalue weighted by Crippen LogP contribution is 2.29. The Kier molecular flexibility index (Phi) is 4.14. The largest absolute Gasteiger partial charge is 0.468 e. The van der Waals surface area contributed by atoms with E-state index in [1.807, 2.05) is 0 Å². The van der Waals surface area contributed by atoms with Gasteiger partial charge in [0.05, 0.1) is 36.3 Å². The zero-order chi connectivity index (χ0) is 17.5. The summed E-state index contributed by atoms with van der Waals surface area (Å²) >= 11 is 0. The number of imidazole rings is 1. The van der Waals surface area contributed by atoms with Gasteiger partial charge >= 0.3 is 5.97 Å². The quantitative estimate of drug-likeness (QED) is 0.764. The third kappa shape index (κ3) is 2.69. The summed E-state index contributed by atoms with van der Waals surface area (Å²) in [7, 11) is -1.03. The highest BCUT2D eigenvalue weighted by molar-refractivity contribution is 7.89. The standard InChI is InChI=1S/C15H16FN3O4S/c1-18-9-17-12-7-13(15(20)23-2)19(8-14(12)18)24(21,22)11-5-3-10(16)4-6-11/h3-6,9,13H,7-8H2,1-2H3/t13-/m0/s1. The number of carbonyl (C=O) groups excluding carboxylic acids is 1. The third-order valence-electron chi connectivity index (χ3n) is 4.08. The number of hydrogen-bond donors (Lipinski definition) is 0. The van der Waals surface area contributed by atoms with Gasteiger partial charge in [0.15, 0.2) is 0 Å². The lowest BCUT2D eigenvalue weighted by Crippen LogP contribution is -2.49. The molecule has 0 amide bonds. The number of halogens is 1. The van der Waals surface area contributed by atoms with Crippen molar-refractivity contribution in [2.24, 2.45) is 7.05 Å². The Morgan fingerprint density at radius 1 is 1.33 bits per heavy atom. The molecule has 7 nitrogen and oxygen atoms in total. The van der Waals surface area contributed by atoms with Gasteiger partial charge in [-0.25, -0.2) is 17.8 Å². The molecular formula is C15H16FN3O4S. The van der Waals surface area contributed by atoms with Crippen molar-refractivity contribution in [2.75, 3.05) is 7.11 Å². The first kappa shape index (κ1) is 16.6. The second-order valence-electron chi connectivity index (χ2n) is 5.50. The van der Waals surface area contributed by atoms with Crippen LogP contribution in [0.2, 0.25) is 0 Å². The fraction of sp³-hybridized carbons (Fsp3) is 0.333. The molecule has 1 aromatic carbocycles. The Morgan fingerprint density at radius 3 is 2.62 bits per heavy atom. The van der Waals surface area contributed by atoms with E-state index in [0.29, 0.717) is 11.4 Å². The Hall–Kier alpha value is -2.26. The molecule has 2 aromatic rings. The highest BCUT2D eigenvalue weighted by Gasteiger charge is 2.41. The summed E-state index contributed by atoms with van der Waals surface area (Å²) in [5.41, 5.74) is 1.37. The van der Waals surface area contributed by atoms with E-state index in [9.17, 15) is 17.6 Å². The lowest BCUT2D eigenvalue weighted by molar-refractivity contribution is -0.145. The number of methoxy groups -OCH3 is 1. The van der Waals surface area contributed by atoms with Crippen molar-refractivity contribution in [2.45, 2.75) is 23.9 Å². The van der Waals surface area contributed by atoms with Crippen LogP contribution in [-0.4, -0.2) is 41.4 Å². The predicted molar refractivity (Wildman–Crippen MR) is 81.8 cm³/mol. The lowest BCUT2D eigenvalue weighted by Gasteiger charge is -2.32. The molecule has 0 saturated carbocycles. The van der Waals surface area contributed by atoms with Crippen molar-refractivity contribution in [3.05, 3.63) is 47.8 Å². The second-order valence-corrected chi connectivity index (χ2v) is 7.39. The molecule has 1 aromatic heterocycles. The van der Waals surface area contributed by atoms with E-state index in [1.54, 1.807) is 17.9 Å². The van der Waals surface area contributed by atoms with Gasteiger partial charge in [-0.3, -0.25) is 4.79 Å². The number of nitrogens with zero attached hydrogens (tertiary/aromatic N) is 3. The average Bonchev–Trinajstić information content (AvgIpc) is 2.94. The first-order valence-corrected chi connectivity index (χ1v) is 8.63. The number of sulfonamides is 1. The minimum Gasteiger partial charge on any atom is -0.468 e. The number of aromatic nitrogens is 2. The molecule has 0 unspecified atom stereocenters. The number of carbonyl (C=O) groups is 1. The van der Waals surface area contributed by atoms with E-state index in [1.165, 1.54) is 19.2 Å². The van der Waals surface area contributed by atoms with Crippen LogP contribution in [0.5, 0.6) is 0 Å². The molecule has 0 fully saturated rings. The van der Waals surface area contributed by atoms with Crippen LogP contribution in [0.25, 0.3) is 0 Å². The van der Waals surface area contributed by atoms with Crippen molar-refractivity contribution < 1.29 is 22.3 Å². The number of aryl methyl sites for hydroxylation is 1. The monoisotopic (exact) mass is 353 g/mol. The maximum absolute atomic E-state index is 13.1. The summed E-state index contributed by atoms with van der Waals surface area (Å²) in [5, 5.41) is 0. The first-order chi connectivity index (χ1) is 11.3. The summed E-state index contributed by atoms with van der Waals surface area (Å²) in [4.78, 5) is 16.2. The first-order valence-electron chi connectivity index (χ1n) is 7.19. The van der Waals surface area contributed by atoms with Gasteiger partial charge in [-0.1, -0.05) is 0 Å². The van der Waals surface area contributed by atoms with Crippen molar-refractivity contribution in [3.63, 3.8) is 0 Å². The number of benzene rings is 1. The van der Waals surface area contributed by atoms with E-state index in [-0.39, 0.29) is 17.9 Å². The molecule has 0 spiro atoms. The molecule has 0 N–H and O–H groups in total. The van der Waals surface area contributed by atoms with Gasteiger partial charge < -0.3 is 9.30 Å². The molecule has 0 aliphatic carbocycles. The number of hydrogen-bond acceptors (Lipinski definition) is 5. The zero-order valence-corrected chi connectivity index (χ0v) is 14.0. The van der Waals surface area contributed by atoms with Crippen LogP contribution in [0.4, 0.5) is 4.39 Å². The minimum atomic E-state index is -4.00. The molecule has 1 aliphatic heterocycles. The summed E-state index contributed by atoms with van der Waals surface area (Å²) in [5.74, 6) is -1.19. The van der Waals surface area contributed by atoms with Crippen molar-refractivity contribution in [1.29, 1.82) is 0 Å². The third-order valence-corrected chi connectivity index (χ3v) is 5.95. The minimum absolute atomic E-state index is 0.00862. The predicted octanol–water partition coefficient (Wildman–Crippen LogP) is 0.848. The van der Waals surface area contributed by atoms with Gasteiger partial charge in [-0.2, -0.15) is 4.31 Å². The van der Waals surface area contributed by atoms with E-state index < -0.39 is 27.9 Å². The van der Waals surface area contributed by atoms with Gasteiger partial charge in [0.25, 0.3) is 0 Å². The number of fused-ring (bicyclic) bond motifs is 1. The van der Waals surface area contributed by atoms with Crippen LogP contribution in [0.15, 0.2) is 35.5 Å². The van der Waals surface area contributed by atoms with Crippen LogP contribution in [-0.2, 0) is 39.6 Å². The molecule has 128 valence electrons. The zero-order valence-electron chi connectivity index (χ0n) is 13.1. The second kappa shape index (κ2) is 5.99. The maximum Gasteiger partial charge on any atom is 0.324 e. The average molecular weight is 353 g/mol. The normalized spacial score (nSPS) is 18.2. The Morgan fingerprint density at radius 2 is 2.00 bits per heavy atom. The molecule has 0 radical (unpaired) electrons. The van der Waals surface area contributed by atoms with Crippen LogP contribution in [0.3, 0.4) is 0 Å². The van der Waals surface area contributed by atoms with E-state index in [0.717, 1.165) is 16.4 Å².